The Kier molecular flexibility index (Phi) is 13.4. The number of ether oxygens (including phenoxy) is 1. The molecular formula is C27H47N3O3. The van der Waals surface area contributed by atoms with E-state index in [0.717, 1.165) is 18.5 Å². The summed E-state index contributed by atoms with van der Waals surface area (Å²) in [6.07, 6.45) is 11.9. The molecule has 1 amide bonds. The smallest absolute Gasteiger partial charge is 0.411 e. The summed E-state index contributed by atoms with van der Waals surface area (Å²) in [6, 6.07) is 6.44. The SMILES string of the molecule is C#C.CC.CC.CNC1CCCc2ccc(NC(=O)OC3CC(C)(C)N(O)C(C)(C)C3)cc21. The van der Waals surface area contributed by atoms with Crippen molar-refractivity contribution in [3.63, 3.8) is 0 Å². The van der Waals surface area contributed by atoms with Crippen LogP contribution in [0.2, 0.25) is 0 Å². The van der Waals surface area contributed by atoms with Crippen LogP contribution in [-0.4, -0.2) is 40.6 Å². The molecule has 1 heterocycles. The molecular weight excluding hydrogens is 414 g/mol. The topological polar surface area (TPSA) is 73.8 Å². The number of nitrogens with one attached hydrogen (secondary N) is 2. The van der Waals surface area contributed by atoms with E-state index in [-0.39, 0.29) is 6.10 Å². The molecule has 2 aliphatic rings. The molecule has 6 nitrogen and oxygen atoms in total. The van der Waals surface area contributed by atoms with Crippen molar-refractivity contribution in [2.75, 3.05) is 12.4 Å². The summed E-state index contributed by atoms with van der Waals surface area (Å²) < 4.78 is 5.71. The van der Waals surface area contributed by atoms with Gasteiger partial charge in [-0.3, -0.25) is 5.32 Å². The fourth-order valence-electron chi connectivity index (χ4n) is 4.74. The molecule has 0 aromatic heterocycles. The second-order valence-electron chi connectivity index (χ2n) is 9.14. The number of fused-ring (bicyclic) bond motifs is 1. The standard InChI is InChI=1S/C21H33N3O3.2C2H6.C2H2/c1-20(2)12-16(13-21(3,4)24(20)26)27-19(25)23-15-10-9-14-7-6-8-18(22-5)17(14)11-15;3*1-2/h9-11,16,18,22,26H,6-8,12-13H2,1-5H3,(H,23,25);2*1-2H3;1-2H. The maximum Gasteiger partial charge on any atom is 0.411 e. The van der Waals surface area contributed by atoms with E-state index in [1.54, 1.807) is 0 Å². The summed E-state index contributed by atoms with van der Waals surface area (Å²) in [6.45, 7) is 15.8. The molecule has 1 aliphatic heterocycles. The van der Waals surface area contributed by atoms with E-state index in [4.69, 9.17) is 4.74 Å². The number of terminal acetylenes is 1. The van der Waals surface area contributed by atoms with Crippen molar-refractivity contribution in [2.45, 2.75) is 111 Å². The number of benzene rings is 1. The average molecular weight is 462 g/mol. The zero-order valence-corrected chi connectivity index (χ0v) is 22.3. The predicted molar refractivity (Wildman–Crippen MR) is 139 cm³/mol. The van der Waals surface area contributed by atoms with Crippen LogP contribution >= 0.6 is 0 Å². The van der Waals surface area contributed by atoms with Gasteiger partial charge in [-0.15, -0.1) is 12.8 Å². The third-order valence-electron chi connectivity index (χ3n) is 5.93. The van der Waals surface area contributed by atoms with Crippen LogP contribution in [0.5, 0.6) is 0 Å². The van der Waals surface area contributed by atoms with Gasteiger partial charge in [0.25, 0.3) is 0 Å². The summed E-state index contributed by atoms with van der Waals surface area (Å²) in [5.41, 5.74) is 2.48. The molecule has 1 atom stereocenters. The fraction of sp³-hybridized carbons (Fsp3) is 0.667. The third kappa shape index (κ3) is 8.33. The molecule has 0 spiro atoms. The summed E-state index contributed by atoms with van der Waals surface area (Å²) >= 11 is 0. The van der Waals surface area contributed by atoms with Crippen molar-refractivity contribution in [2.24, 2.45) is 0 Å². The number of nitrogens with zero attached hydrogens (tertiary/aromatic N) is 1. The lowest BCUT2D eigenvalue weighted by molar-refractivity contribution is -0.256. The predicted octanol–water partition coefficient (Wildman–Crippen LogP) is 6.54. The van der Waals surface area contributed by atoms with Gasteiger partial charge in [0, 0.05) is 35.6 Å². The van der Waals surface area contributed by atoms with Gasteiger partial charge in [0.2, 0.25) is 0 Å². The van der Waals surface area contributed by atoms with Gasteiger partial charge in [0.15, 0.2) is 0 Å². The summed E-state index contributed by atoms with van der Waals surface area (Å²) in [7, 11) is 1.98. The Bertz CT molecular complexity index is 725. The summed E-state index contributed by atoms with van der Waals surface area (Å²) in [5, 5.41) is 18.0. The highest BCUT2D eigenvalue weighted by Crippen LogP contribution is 2.38. The van der Waals surface area contributed by atoms with Gasteiger partial charge in [0.05, 0.1) is 0 Å². The van der Waals surface area contributed by atoms with E-state index in [0.29, 0.717) is 18.9 Å². The maximum atomic E-state index is 12.5. The quantitative estimate of drug-likeness (QED) is 0.445. The normalized spacial score (nSPS) is 20.8. The van der Waals surface area contributed by atoms with E-state index in [1.165, 1.54) is 22.6 Å². The van der Waals surface area contributed by atoms with Crippen LogP contribution in [0.4, 0.5) is 10.5 Å². The van der Waals surface area contributed by atoms with Gasteiger partial charge in [0.1, 0.15) is 6.10 Å². The molecule has 0 radical (unpaired) electrons. The average Bonchev–Trinajstić information content (AvgIpc) is 2.80. The molecule has 1 saturated heterocycles. The Balaban J connectivity index is 0.00000158. The van der Waals surface area contributed by atoms with Crippen LogP contribution in [-0.2, 0) is 11.2 Å². The molecule has 1 aromatic carbocycles. The van der Waals surface area contributed by atoms with Crippen molar-refractivity contribution in [3.05, 3.63) is 29.3 Å². The number of carbonyl (C=O) groups excluding carboxylic acids is 1. The Morgan fingerprint density at radius 2 is 1.64 bits per heavy atom. The second kappa shape index (κ2) is 14.2. The van der Waals surface area contributed by atoms with Crippen molar-refractivity contribution in [3.8, 4) is 12.8 Å². The number of amides is 1. The first kappa shape index (κ1) is 30.9. The van der Waals surface area contributed by atoms with Crippen molar-refractivity contribution < 1.29 is 14.7 Å². The first-order valence-electron chi connectivity index (χ1n) is 12.2. The largest absolute Gasteiger partial charge is 0.446 e. The van der Waals surface area contributed by atoms with E-state index >= 15 is 0 Å². The fourth-order valence-corrected chi connectivity index (χ4v) is 4.74. The number of aryl methyl sites for hydroxylation is 1. The third-order valence-corrected chi connectivity index (χ3v) is 5.93. The Hall–Kier alpha value is -2.07. The molecule has 0 bridgehead atoms. The van der Waals surface area contributed by atoms with Crippen molar-refractivity contribution in [1.29, 1.82) is 0 Å². The Morgan fingerprint density at radius 1 is 1.09 bits per heavy atom. The van der Waals surface area contributed by atoms with Gasteiger partial charge < -0.3 is 15.3 Å². The molecule has 0 saturated carbocycles. The second-order valence-corrected chi connectivity index (χ2v) is 9.14. The molecule has 1 fully saturated rings. The van der Waals surface area contributed by atoms with Crippen LogP contribution in [0.15, 0.2) is 18.2 Å². The minimum atomic E-state index is -0.446. The van der Waals surface area contributed by atoms with Crippen molar-refractivity contribution >= 4 is 11.8 Å². The minimum absolute atomic E-state index is 0.235. The molecule has 1 aromatic rings. The Labute approximate surface area is 202 Å². The molecule has 1 aliphatic carbocycles. The number of hydrogen-bond acceptors (Lipinski definition) is 5. The highest BCUT2D eigenvalue weighted by Gasteiger charge is 2.46. The number of piperidine rings is 1. The van der Waals surface area contributed by atoms with Gasteiger partial charge in [-0.1, -0.05) is 33.8 Å². The lowest BCUT2D eigenvalue weighted by Gasteiger charge is -2.50. The molecule has 3 N–H and O–H groups in total. The van der Waals surface area contributed by atoms with Gasteiger partial charge in [-0.05, 0) is 77.3 Å². The lowest BCUT2D eigenvalue weighted by Crippen LogP contribution is -2.60. The number of anilines is 1. The van der Waals surface area contributed by atoms with E-state index in [2.05, 4.69) is 35.6 Å². The van der Waals surface area contributed by atoms with Crippen LogP contribution < -0.4 is 10.6 Å². The van der Waals surface area contributed by atoms with E-state index in [9.17, 15) is 10.0 Å². The number of carbonyl (C=O) groups is 1. The Morgan fingerprint density at radius 3 is 2.15 bits per heavy atom. The zero-order chi connectivity index (χ0) is 25.8. The first-order valence-corrected chi connectivity index (χ1v) is 12.2. The van der Waals surface area contributed by atoms with E-state index < -0.39 is 17.2 Å². The minimum Gasteiger partial charge on any atom is -0.446 e. The van der Waals surface area contributed by atoms with Crippen LogP contribution in [0.25, 0.3) is 0 Å². The molecule has 3 rings (SSSR count). The highest BCUT2D eigenvalue weighted by molar-refractivity contribution is 5.85. The number of hydroxylamine groups is 2. The van der Waals surface area contributed by atoms with Crippen LogP contribution in [0, 0.1) is 12.8 Å². The molecule has 1 unspecified atom stereocenters. The van der Waals surface area contributed by atoms with Gasteiger partial charge in [-0.25, -0.2) is 4.79 Å². The van der Waals surface area contributed by atoms with Crippen molar-refractivity contribution in [1.82, 2.24) is 10.4 Å². The molecule has 6 heteroatoms. The number of rotatable bonds is 3. The molecule has 33 heavy (non-hydrogen) atoms. The summed E-state index contributed by atoms with van der Waals surface area (Å²) in [4.78, 5) is 12.5. The number of hydrogen-bond donors (Lipinski definition) is 3. The lowest BCUT2D eigenvalue weighted by atomic mass is 9.80. The van der Waals surface area contributed by atoms with Gasteiger partial charge in [-0.2, -0.15) is 5.06 Å². The summed E-state index contributed by atoms with van der Waals surface area (Å²) in [5.74, 6) is 0. The molecule has 188 valence electrons. The van der Waals surface area contributed by atoms with E-state index in [1.807, 2.05) is 68.5 Å². The van der Waals surface area contributed by atoms with Crippen LogP contribution in [0.3, 0.4) is 0 Å². The maximum absolute atomic E-state index is 12.5. The van der Waals surface area contributed by atoms with Gasteiger partial charge >= 0.3 is 6.09 Å². The zero-order valence-electron chi connectivity index (χ0n) is 22.3. The van der Waals surface area contributed by atoms with Crippen LogP contribution in [0.1, 0.15) is 98.2 Å². The highest BCUT2D eigenvalue weighted by atomic mass is 16.6. The first-order chi connectivity index (χ1) is 15.6. The monoisotopic (exact) mass is 461 g/mol.